The highest BCUT2D eigenvalue weighted by molar-refractivity contribution is 5.83. The lowest BCUT2D eigenvalue weighted by molar-refractivity contribution is -0.136. The fraction of sp³-hybridized carbons (Fsp3) is 0.917. The molecule has 3 heteroatoms. The smallest absolute Gasteiger partial charge is 0.162 e. The second-order valence-corrected chi connectivity index (χ2v) is 4.70. The molecule has 1 aliphatic carbocycles. The zero-order valence-electron chi connectivity index (χ0n) is 9.58. The molecule has 0 bridgehead atoms. The molecule has 0 amide bonds. The second-order valence-electron chi connectivity index (χ2n) is 4.70. The van der Waals surface area contributed by atoms with Crippen molar-refractivity contribution in [3.05, 3.63) is 0 Å². The zero-order chi connectivity index (χ0) is 10.7. The molecule has 2 rings (SSSR count). The number of ether oxygens (including phenoxy) is 1. The molecular weight excluding hydrogens is 190 g/mol. The van der Waals surface area contributed by atoms with Gasteiger partial charge in [-0.25, -0.2) is 0 Å². The fourth-order valence-corrected chi connectivity index (χ4v) is 2.10. The summed E-state index contributed by atoms with van der Waals surface area (Å²) >= 11 is 0. The molecule has 1 saturated carbocycles. The van der Waals surface area contributed by atoms with Crippen molar-refractivity contribution < 1.29 is 9.53 Å². The maximum absolute atomic E-state index is 11.8. The van der Waals surface area contributed by atoms with Gasteiger partial charge in [0.1, 0.15) is 6.10 Å². The van der Waals surface area contributed by atoms with Gasteiger partial charge in [0.2, 0.25) is 0 Å². The predicted molar refractivity (Wildman–Crippen MR) is 58.8 cm³/mol. The summed E-state index contributed by atoms with van der Waals surface area (Å²) in [6, 6.07) is 0. The summed E-state index contributed by atoms with van der Waals surface area (Å²) in [7, 11) is 0. The highest BCUT2D eigenvalue weighted by atomic mass is 16.5. The third kappa shape index (κ3) is 3.28. The number of hydrogen-bond donors (Lipinski definition) is 0. The minimum absolute atomic E-state index is 0.141. The number of carbonyl (C=O) groups is 1. The molecule has 0 N–H and O–H groups in total. The van der Waals surface area contributed by atoms with E-state index in [0.29, 0.717) is 12.4 Å². The van der Waals surface area contributed by atoms with Gasteiger partial charge in [0, 0.05) is 19.5 Å². The SMILES string of the molecule is CCN1CCOC(C(=O)CCC2CC2)C1. The van der Waals surface area contributed by atoms with Gasteiger partial charge < -0.3 is 4.74 Å². The molecule has 86 valence electrons. The average molecular weight is 211 g/mol. The first-order valence-corrected chi connectivity index (χ1v) is 6.16. The molecule has 1 saturated heterocycles. The largest absolute Gasteiger partial charge is 0.368 e. The summed E-state index contributed by atoms with van der Waals surface area (Å²) < 4.78 is 5.53. The normalized spacial score (nSPS) is 27.9. The Morgan fingerprint density at radius 1 is 1.47 bits per heavy atom. The molecule has 0 aromatic heterocycles. The summed E-state index contributed by atoms with van der Waals surface area (Å²) in [5.74, 6) is 1.17. The summed E-state index contributed by atoms with van der Waals surface area (Å²) in [5, 5.41) is 0. The van der Waals surface area contributed by atoms with Crippen LogP contribution in [0.5, 0.6) is 0 Å². The quantitative estimate of drug-likeness (QED) is 0.689. The lowest BCUT2D eigenvalue weighted by atomic mass is 10.1. The van der Waals surface area contributed by atoms with E-state index in [2.05, 4.69) is 11.8 Å². The molecule has 2 fully saturated rings. The van der Waals surface area contributed by atoms with Crippen molar-refractivity contribution in [3.63, 3.8) is 0 Å². The Morgan fingerprint density at radius 3 is 2.93 bits per heavy atom. The van der Waals surface area contributed by atoms with Crippen molar-refractivity contribution >= 4 is 5.78 Å². The van der Waals surface area contributed by atoms with E-state index in [4.69, 9.17) is 4.74 Å². The first-order chi connectivity index (χ1) is 7.29. The van der Waals surface area contributed by atoms with Crippen LogP contribution in [0.25, 0.3) is 0 Å². The Labute approximate surface area is 91.8 Å². The van der Waals surface area contributed by atoms with Crippen LogP contribution >= 0.6 is 0 Å². The Morgan fingerprint density at radius 2 is 2.27 bits per heavy atom. The Bertz CT molecular complexity index is 226. The van der Waals surface area contributed by atoms with Crippen LogP contribution in [-0.2, 0) is 9.53 Å². The van der Waals surface area contributed by atoms with Crippen LogP contribution in [0.3, 0.4) is 0 Å². The summed E-state index contributed by atoms with van der Waals surface area (Å²) in [6.45, 7) is 5.66. The molecule has 0 aromatic carbocycles. The molecule has 1 unspecified atom stereocenters. The molecule has 0 radical (unpaired) electrons. The molecule has 1 atom stereocenters. The summed E-state index contributed by atoms with van der Waals surface area (Å²) in [6.07, 6.45) is 4.34. The van der Waals surface area contributed by atoms with E-state index < -0.39 is 0 Å². The van der Waals surface area contributed by atoms with Gasteiger partial charge in [0.25, 0.3) is 0 Å². The number of carbonyl (C=O) groups excluding carboxylic acids is 1. The molecular formula is C12H21NO2. The first-order valence-electron chi connectivity index (χ1n) is 6.16. The van der Waals surface area contributed by atoms with Crippen LogP contribution in [0, 0.1) is 5.92 Å². The lowest BCUT2D eigenvalue weighted by Gasteiger charge is -2.31. The third-order valence-corrected chi connectivity index (χ3v) is 3.45. The predicted octanol–water partition coefficient (Wildman–Crippen LogP) is 1.47. The Kier molecular flexibility index (Phi) is 3.76. The van der Waals surface area contributed by atoms with Crippen molar-refractivity contribution in [1.29, 1.82) is 0 Å². The highest BCUT2D eigenvalue weighted by Gasteiger charge is 2.28. The third-order valence-electron chi connectivity index (χ3n) is 3.45. The van der Waals surface area contributed by atoms with E-state index in [1.807, 2.05) is 0 Å². The van der Waals surface area contributed by atoms with Crippen LogP contribution < -0.4 is 0 Å². The number of hydrogen-bond acceptors (Lipinski definition) is 3. The van der Waals surface area contributed by atoms with Gasteiger partial charge >= 0.3 is 0 Å². The minimum atomic E-state index is -0.141. The molecule has 1 aliphatic heterocycles. The van der Waals surface area contributed by atoms with Crippen LogP contribution in [0.1, 0.15) is 32.6 Å². The van der Waals surface area contributed by atoms with Crippen LogP contribution in [0.15, 0.2) is 0 Å². The number of Topliss-reactive ketones (excluding diaryl/α,β-unsaturated/α-hetero) is 1. The lowest BCUT2D eigenvalue weighted by Crippen LogP contribution is -2.45. The van der Waals surface area contributed by atoms with Gasteiger partial charge in [0.05, 0.1) is 6.61 Å². The van der Waals surface area contributed by atoms with Gasteiger partial charge in [0.15, 0.2) is 5.78 Å². The van der Waals surface area contributed by atoms with E-state index in [-0.39, 0.29) is 6.10 Å². The Balaban J connectivity index is 1.72. The van der Waals surface area contributed by atoms with Gasteiger partial charge in [-0.2, -0.15) is 0 Å². The van der Waals surface area contributed by atoms with Crippen molar-refractivity contribution in [1.82, 2.24) is 4.90 Å². The number of rotatable bonds is 5. The van der Waals surface area contributed by atoms with Crippen molar-refractivity contribution in [2.24, 2.45) is 5.92 Å². The standard InChI is InChI=1S/C12H21NO2/c1-2-13-7-8-15-12(9-13)11(14)6-5-10-3-4-10/h10,12H,2-9H2,1H3. The van der Waals surface area contributed by atoms with E-state index in [1.165, 1.54) is 12.8 Å². The van der Waals surface area contributed by atoms with Crippen LogP contribution in [-0.4, -0.2) is 43.0 Å². The molecule has 1 heterocycles. The molecule has 15 heavy (non-hydrogen) atoms. The monoisotopic (exact) mass is 211 g/mol. The first kappa shape index (κ1) is 11.1. The van der Waals surface area contributed by atoms with Gasteiger partial charge in [-0.1, -0.05) is 19.8 Å². The fourth-order valence-electron chi connectivity index (χ4n) is 2.10. The van der Waals surface area contributed by atoms with E-state index >= 15 is 0 Å². The van der Waals surface area contributed by atoms with E-state index in [0.717, 1.165) is 38.4 Å². The molecule has 0 aromatic rings. The number of morpholine rings is 1. The number of likely N-dealkylation sites (N-methyl/N-ethyl adjacent to an activating group) is 1. The van der Waals surface area contributed by atoms with Crippen molar-refractivity contribution in [2.75, 3.05) is 26.2 Å². The average Bonchev–Trinajstić information content (AvgIpc) is 3.10. The zero-order valence-corrected chi connectivity index (χ0v) is 9.58. The molecule has 2 aliphatic rings. The van der Waals surface area contributed by atoms with Crippen molar-refractivity contribution in [3.8, 4) is 0 Å². The van der Waals surface area contributed by atoms with Crippen molar-refractivity contribution in [2.45, 2.75) is 38.7 Å². The topological polar surface area (TPSA) is 29.5 Å². The second kappa shape index (κ2) is 5.08. The van der Waals surface area contributed by atoms with E-state index in [9.17, 15) is 4.79 Å². The van der Waals surface area contributed by atoms with Crippen LogP contribution in [0.2, 0.25) is 0 Å². The molecule has 0 spiro atoms. The highest BCUT2D eigenvalue weighted by Crippen LogP contribution is 2.33. The summed E-state index contributed by atoms with van der Waals surface area (Å²) in [4.78, 5) is 14.1. The maximum Gasteiger partial charge on any atom is 0.162 e. The molecule has 3 nitrogen and oxygen atoms in total. The maximum atomic E-state index is 11.8. The number of nitrogens with zero attached hydrogens (tertiary/aromatic N) is 1. The Hall–Kier alpha value is -0.410. The van der Waals surface area contributed by atoms with Gasteiger partial charge in [-0.05, 0) is 18.9 Å². The minimum Gasteiger partial charge on any atom is -0.368 e. The van der Waals surface area contributed by atoms with Gasteiger partial charge in [-0.15, -0.1) is 0 Å². The number of ketones is 1. The summed E-state index contributed by atoms with van der Waals surface area (Å²) in [5.41, 5.74) is 0. The van der Waals surface area contributed by atoms with Gasteiger partial charge in [-0.3, -0.25) is 9.69 Å². The van der Waals surface area contributed by atoms with Crippen LogP contribution in [0.4, 0.5) is 0 Å². The van der Waals surface area contributed by atoms with E-state index in [1.54, 1.807) is 0 Å².